The fourth-order valence-corrected chi connectivity index (χ4v) is 1.58. The average molecular weight is 231 g/mol. The van der Waals surface area contributed by atoms with Crippen LogP contribution in [0.2, 0.25) is 0 Å². The van der Waals surface area contributed by atoms with Crippen molar-refractivity contribution in [3.63, 3.8) is 0 Å². The van der Waals surface area contributed by atoms with Gasteiger partial charge in [0.15, 0.2) is 0 Å². The highest BCUT2D eigenvalue weighted by Crippen LogP contribution is 2.24. The van der Waals surface area contributed by atoms with Crippen LogP contribution in [0.1, 0.15) is 12.0 Å². The van der Waals surface area contributed by atoms with Crippen LogP contribution in [0.3, 0.4) is 0 Å². The summed E-state index contributed by atoms with van der Waals surface area (Å²) < 4.78 is 13.3. The van der Waals surface area contributed by atoms with Gasteiger partial charge in [0.1, 0.15) is 5.82 Å². The minimum atomic E-state index is -0.540. The van der Waals surface area contributed by atoms with Crippen molar-refractivity contribution in [3.05, 3.63) is 29.6 Å². The molecule has 1 atom stereocenters. The van der Waals surface area contributed by atoms with Crippen molar-refractivity contribution < 1.29 is 9.18 Å². The Kier molecular flexibility index (Phi) is 3.66. The van der Waals surface area contributed by atoms with Gasteiger partial charge in [0.25, 0.3) is 0 Å². The summed E-state index contributed by atoms with van der Waals surface area (Å²) in [5.74, 6) is -0.709. The van der Waals surface area contributed by atoms with Gasteiger partial charge in [0, 0.05) is 0 Å². The third kappa shape index (κ3) is 2.27. The van der Waals surface area contributed by atoms with E-state index in [0.29, 0.717) is 12.8 Å². The minimum Gasteiger partial charge on any atom is -0.322 e. The Balaban J connectivity index is 0.00000112. The van der Waals surface area contributed by atoms with Gasteiger partial charge in [-0.3, -0.25) is 4.79 Å². The van der Waals surface area contributed by atoms with Crippen LogP contribution < -0.4 is 11.1 Å². The van der Waals surface area contributed by atoms with Gasteiger partial charge in [-0.05, 0) is 24.5 Å². The van der Waals surface area contributed by atoms with Crippen LogP contribution in [-0.2, 0) is 11.2 Å². The van der Waals surface area contributed by atoms with Crippen molar-refractivity contribution in [2.75, 3.05) is 5.32 Å². The Morgan fingerprint density at radius 2 is 2.20 bits per heavy atom. The number of halogens is 2. The topological polar surface area (TPSA) is 55.1 Å². The fraction of sp³-hybridized carbons (Fsp3) is 0.300. The Labute approximate surface area is 93.3 Å². The molecule has 82 valence electrons. The van der Waals surface area contributed by atoms with E-state index in [1.165, 1.54) is 6.07 Å². The molecule has 1 amide bonds. The quantitative estimate of drug-likeness (QED) is 0.709. The fourth-order valence-electron chi connectivity index (χ4n) is 1.58. The van der Waals surface area contributed by atoms with Gasteiger partial charge >= 0.3 is 0 Å². The maximum Gasteiger partial charge on any atom is 0.241 e. The standard InChI is InChI=1S/C10H11FN2O.ClH/c11-7-3-1-2-6-4-5-8(12)10(14)13-9(6)7;/h1-3,8H,4-5,12H2,(H,13,14);1H. The highest BCUT2D eigenvalue weighted by molar-refractivity contribution is 5.96. The van der Waals surface area contributed by atoms with Crippen molar-refractivity contribution in [1.82, 2.24) is 0 Å². The Morgan fingerprint density at radius 1 is 1.47 bits per heavy atom. The van der Waals surface area contributed by atoms with E-state index < -0.39 is 11.9 Å². The van der Waals surface area contributed by atoms with E-state index in [0.717, 1.165) is 5.56 Å². The van der Waals surface area contributed by atoms with Crippen molar-refractivity contribution >= 4 is 24.0 Å². The molecule has 3 nitrogen and oxygen atoms in total. The SMILES string of the molecule is Cl.NC1CCc2cccc(F)c2NC1=O. The normalized spacial score (nSPS) is 19.6. The molecular formula is C10H12ClFN2O. The summed E-state index contributed by atoms with van der Waals surface area (Å²) in [6.07, 6.45) is 1.19. The molecule has 0 radical (unpaired) electrons. The van der Waals surface area contributed by atoms with Gasteiger partial charge in [0.2, 0.25) is 5.91 Å². The van der Waals surface area contributed by atoms with Gasteiger partial charge in [-0.25, -0.2) is 4.39 Å². The van der Waals surface area contributed by atoms with Crippen molar-refractivity contribution in [1.29, 1.82) is 0 Å². The number of benzene rings is 1. The number of anilines is 1. The van der Waals surface area contributed by atoms with E-state index in [4.69, 9.17) is 5.73 Å². The number of nitrogens with one attached hydrogen (secondary N) is 1. The summed E-state index contributed by atoms with van der Waals surface area (Å²) in [5, 5.41) is 2.50. The molecule has 1 heterocycles. The summed E-state index contributed by atoms with van der Waals surface area (Å²) in [6, 6.07) is 4.23. The smallest absolute Gasteiger partial charge is 0.241 e. The van der Waals surface area contributed by atoms with Gasteiger partial charge in [-0.2, -0.15) is 0 Å². The second-order valence-corrected chi connectivity index (χ2v) is 3.41. The first-order chi connectivity index (χ1) is 6.68. The van der Waals surface area contributed by atoms with E-state index in [2.05, 4.69) is 5.32 Å². The number of amides is 1. The average Bonchev–Trinajstić information content (AvgIpc) is 2.30. The second-order valence-electron chi connectivity index (χ2n) is 3.41. The molecule has 2 rings (SSSR count). The van der Waals surface area contributed by atoms with Crippen LogP contribution in [0, 0.1) is 5.82 Å². The number of carbonyl (C=O) groups excluding carboxylic acids is 1. The molecule has 1 aromatic rings. The predicted molar refractivity (Wildman–Crippen MR) is 58.6 cm³/mol. The molecule has 1 aliphatic heterocycles. The van der Waals surface area contributed by atoms with Gasteiger partial charge in [0.05, 0.1) is 11.7 Å². The van der Waals surface area contributed by atoms with E-state index in [-0.39, 0.29) is 24.0 Å². The molecule has 1 unspecified atom stereocenters. The summed E-state index contributed by atoms with van der Waals surface area (Å²) in [4.78, 5) is 11.3. The highest BCUT2D eigenvalue weighted by Gasteiger charge is 2.21. The minimum absolute atomic E-state index is 0. The first-order valence-corrected chi connectivity index (χ1v) is 4.52. The van der Waals surface area contributed by atoms with Crippen molar-refractivity contribution in [2.24, 2.45) is 5.73 Å². The number of aryl methyl sites for hydroxylation is 1. The Bertz CT molecular complexity index is 384. The van der Waals surface area contributed by atoms with Crippen molar-refractivity contribution in [3.8, 4) is 0 Å². The summed E-state index contributed by atoms with van der Waals surface area (Å²) in [6.45, 7) is 0. The summed E-state index contributed by atoms with van der Waals surface area (Å²) in [7, 11) is 0. The zero-order valence-corrected chi connectivity index (χ0v) is 8.81. The van der Waals surface area contributed by atoms with Crippen LogP contribution in [0.25, 0.3) is 0 Å². The maximum atomic E-state index is 13.3. The molecule has 3 N–H and O–H groups in total. The van der Waals surface area contributed by atoms with E-state index >= 15 is 0 Å². The number of hydrogen-bond donors (Lipinski definition) is 2. The van der Waals surface area contributed by atoms with Crippen LogP contribution in [-0.4, -0.2) is 11.9 Å². The van der Waals surface area contributed by atoms with E-state index in [1.807, 2.05) is 0 Å². The molecular weight excluding hydrogens is 219 g/mol. The highest BCUT2D eigenvalue weighted by atomic mass is 35.5. The first kappa shape index (κ1) is 11.9. The third-order valence-corrected chi connectivity index (χ3v) is 2.41. The molecule has 0 spiro atoms. The number of rotatable bonds is 0. The lowest BCUT2D eigenvalue weighted by molar-refractivity contribution is -0.117. The number of carbonyl (C=O) groups is 1. The van der Waals surface area contributed by atoms with E-state index in [1.54, 1.807) is 12.1 Å². The lowest BCUT2D eigenvalue weighted by Gasteiger charge is -2.07. The van der Waals surface area contributed by atoms with Crippen LogP contribution in [0.5, 0.6) is 0 Å². The second kappa shape index (κ2) is 4.59. The molecule has 0 aromatic heterocycles. The molecule has 0 saturated heterocycles. The maximum absolute atomic E-state index is 13.3. The van der Waals surface area contributed by atoms with Crippen LogP contribution in [0.15, 0.2) is 18.2 Å². The Morgan fingerprint density at radius 3 is 2.93 bits per heavy atom. The lowest BCUT2D eigenvalue weighted by Crippen LogP contribution is -2.34. The largest absolute Gasteiger partial charge is 0.322 e. The monoisotopic (exact) mass is 230 g/mol. The number of nitrogens with two attached hydrogens (primary N) is 1. The van der Waals surface area contributed by atoms with Gasteiger partial charge in [-0.15, -0.1) is 12.4 Å². The predicted octanol–water partition coefficient (Wildman–Crippen LogP) is 1.46. The first-order valence-electron chi connectivity index (χ1n) is 4.52. The van der Waals surface area contributed by atoms with Gasteiger partial charge in [-0.1, -0.05) is 12.1 Å². The molecule has 1 aromatic carbocycles. The molecule has 0 bridgehead atoms. The molecule has 0 fully saturated rings. The van der Waals surface area contributed by atoms with Gasteiger partial charge < -0.3 is 11.1 Å². The number of para-hydroxylation sites is 1. The molecule has 0 aliphatic carbocycles. The molecule has 1 aliphatic rings. The zero-order chi connectivity index (χ0) is 10.1. The summed E-state index contributed by atoms with van der Waals surface area (Å²) >= 11 is 0. The summed E-state index contributed by atoms with van der Waals surface area (Å²) in [5.41, 5.74) is 6.67. The zero-order valence-electron chi connectivity index (χ0n) is 8.00. The van der Waals surface area contributed by atoms with E-state index in [9.17, 15) is 9.18 Å². The van der Waals surface area contributed by atoms with Crippen molar-refractivity contribution in [2.45, 2.75) is 18.9 Å². The third-order valence-electron chi connectivity index (χ3n) is 2.41. The number of fused-ring (bicyclic) bond motifs is 1. The molecule has 0 saturated carbocycles. The Hall–Kier alpha value is -1.13. The van der Waals surface area contributed by atoms with Crippen LogP contribution in [0.4, 0.5) is 10.1 Å². The lowest BCUT2D eigenvalue weighted by atomic mass is 10.1. The molecule has 5 heteroatoms. The van der Waals surface area contributed by atoms with Crippen LogP contribution >= 0.6 is 12.4 Å². The number of hydrogen-bond acceptors (Lipinski definition) is 2. The molecule has 15 heavy (non-hydrogen) atoms.